The lowest BCUT2D eigenvalue weighted by Gasteiger charge is -2.42. The lowest BCUT2D eigenvalue weighted by molar-refractivity contribution is -0.154. The number of halogens is 1. The fraction of sp³-hybridized carbons (Fsp3) is 0.462. The van der Waals surface area contributed by atoms with E-state index in [9.17, 15) is 9.59 Å². The van der Waals surface area contributed by atoms with Crippen LogP contribution in [0.1, 0.15) is 69.6 Å². The van der Waals surface area contributed by atoms with Crippen LogP contribution in [0.15, 0.2) is 46.9 Å². The van der Waals surface area contributed by atoms with Crippen molar-refractivity contribution in [1.29, 1.82) is 0 Å². The van der Waals surface area contributed by atoms with Crippen LogP contribution in [0.3, 0.4) is 0 Å². The molecule has 4 nitrogen and oxygen atoms in total. The van der Waals surface area contributed by atoms with Gasteiger partial charge in [-0.1, -0.05) is 46.6 Å². The van der Waals surface area contributed by atoms with E-state index in [0.717, 1.165) is 40.5 Å². The summed E-state index contributed by atoms with van der Waals surface area (Å²) >= 11 is 3.49. The van der Waals surface area contributed by atoms with Gasteiger partial charge in [0.2, 0.25) is 5.91 Å². The third-order valence-electron chi connectivity index (χ3n) is 6.00. The summed E-state index contributed by atoms with van der Waals surface area (Å²) < 4.78 is 6.46. The van der Waals surface area contributed by atoms with Crippen LogP contribution in [0.4, 0.5) is 5.69 Å². The average Bonchev–Trinajstić information content (AvgIpc) is 2.65. The van der Waals surface area contributed by atoms with Crippen molar-refractivity contribution >= 4 is 33.5 Å². The lowest BCUT2D eigenvalue weighted by Crippen LogP contribution is -2.38. The number of amides is 1. The number of carbonyl (C=O) groups excluding carboxylic acids is 2. The zero-order chi connectivity index (χ0) is 22.6. The van der Waals surface area contributed by atoms with Crippen molar-refractivity contribution in [2.24, 2.45) is 0 Å². The Balaban J connectivity index is 1.64. The molecule has 0 radical (unpaired) electrons. The Morgan fingerprint density at radius 2 is 1.77 bits per heavy atom. The number of anilines is 1. The van der Waals surface area contributed by atoms with Crippen molar-refractivity contribution in [1.82, 2.24) is 0 Å². The van der Waals surface area contributed by atoms with Crippen LogP contribution in [0.2, 0.25) is 0 Å². The largest absolute Gasteiger partial charge is 0.460 e. The monoisotopic (exact) mass is 485 g/mol. The molecule has 31 heavy (non-hydrogen) atoms. The standard InChI is InChI=1S/C26H32BrNO3/c1-18-19(9-14-24(30)31-25(2,3)4)7-5-8-22(18)28-23(29)17-26(15-6-16-26)20-10-12-21(27)13-11-20/h5,7-8,10-13H,6,9,14-17H2,1-4H3,(H,28,29). The molecule has 0 aliphatic heterocycles. The van der Waals surface area contributed by atoms with E-state index < -0.39 is 5.60 Å². The van der Waals surface area contributed by atoms with E-state index in [-0.39, 0.29) is 17.3 Å². The maximum absolute atomic E-state index is 13.0. The first kappa shape index (κ1) is 23.5. The predicted molar refractivity (Wildman–Crippen MR) is 128 cm³/mol. The molecule has 0 atom stereocenters. The van der Waals surface area contributed by atoms with E-state index in [4.69, 9.17) is 4.74 Å². The molecule has 0 heterocycles. The highest BCUT2D eigenvalue weighted by molar-refractivity contribution is 9.10. The predicted octanol–water partition coefficient (Wildman–Crippen LogP) is 6.48. The Morgan fingerprint density at radius 3 is 2.35 bits per heavy atom. The summed E-state index contributed by atoms with van der Waals surface area (Å²) in [7, 11) is 0. The van der Waals surface area contributed by atoms with Gasteiger partial charge in [0, 0.05) is 28.4 Å². The number of rotatable bonds is 7. The molecule has 1 aliphatic carbocycles. The first-order valence-electron chi connectivity index (χ1n) is 10.9. The molecule has 0 unspecified atom stereocenters. The minimum absolute atomic E-state index is 0.0370. The van der Waals surface area contributed by atoms with E-state index in [1.54, 1.807) is 0 Å². The van der Waals surface area contributed by atoms with Crippen LogP contribution in [0, 0.1) is 6.92 Å². The van der Waals surface area contributed by atoms with Crippen molar-refractivity contribution < 1.29 is 14.3 Å². The van der Waals surface area contributed by atoms with Gasteiger partial charge in [0.15, 0.2) is 0 Å². The maximum Gasteiger partial charge on any atom is 0.306 e. The van der Waals surface area contributed by atoms with Crippen LogP contribution < -0.4 is 5.32 Å². The average molecular weight is 486 g/mol. The van der Waals surface area contributed by atoms with Crippen molar-refractivity contribution in [3.8, 4) is 0 Å². The number of carbonyl (C=O) groups is 2. The van der Waals surface area contributed by atoms with Gasteiger partial charge in [-0.15, -0.1) is 0 Å². The van der Waals surface area contributed by atoms with Crippen LogP contribution in [-0.4, -0.2) is 17.5 Å². The summed E-state index contributed by atoms with van der Waals surface area (Å²) in [5, 5.41) is 3.12. The summed E-state index contributed by atoms with van der Waals surface area (Å²) in [5.74, 6) is -0.169. The van der Waals surface area contributed by atoms with Gasteiger partial charge in [0.05, 0.1) is 0 Å². The molecule has 1 fully saturated rings. The van der Waals surface area contributed by atoms with Crippen molar-refractivity contribution in [2.75, 3.05) is 5.32 Å². The van der Waals surface area contributed by atoms with Crippen LogP contribution in [-0.2, 0) is 26.2 Å². The Labute approximate surface area is 193 Å². The van der Waals surface area contributed by atoms with Gasteiger partial charge in [0.25, 0.3) is 0 Å². The molecule has 166 valence electrons. The number of hydrogen-bond acceptors (Lipinski definition) is 3. The Bertz CT molecular complexity index is 940. The van der Waals surface area contributed by atoms with E-state index in [2.05, 4.69) is 33.4 Å². The normalized spacial score (nSPS) is 15.1. The summed E-state index contributed by atoms with van der Waals surface area (Å²) in [6, 6.07) is 14.2. The number of nitrogens with one attached hydrogen (secondary N) is 1. The van der Waals surface area contributed by atoms with Gasteiger partial charge in [-0.2, -0.15) is 0 Å². The second-order valence-electron chi connectivity index (χ2n) is 9.54. The molecule has 2 aromatic carbocycles. The third kappa shape index (κ3) is 6.19. The van der Waals surface area contributed by atoms with Gasteiger partial charge < -0.3 is 10.1 Å². The Morgan fingerprint density at radius 1 is 1.10 bits per heavy atom. The van der Waals surface area contributed by atoms with Gasteiger partial charge in [0.1, 0.15) is 5.60 Å². The van der Waals surface area contributed by atoms with Crippen molar-refractivity contribution in [2.45, 2.75) is 77.2 Å². The number of hydrogen-bond donors (Lipinski definition) is 1. The molecular weight excluding hydrogens is 454 g/mol. The number of benzene rings is 2. The van der Waals surface area contributed by atoms with E-state index in [0.29, 0.717) is 19.3 Å². The minimum Gasteiger partial charge on any atom is -0.460 e. The number of ether oxygens (including phenoxy) is 1. The molecular formula is C26H32BrNO3. The van der Waals surface area contributed by atoms with Gasteiger partial charge >= 0.3 is 5.97 Å². The molecule has 5 heteroatoms. The first-order valence-corrected chi connectivity index (χ1v) is 11.7. The quantitative estimate of drug-likeness (QED) is 0.456. The fourth-order valence-corrected chi connectivity index (χ4v) is 4.46. The Hall–Kier alpha value is -2.14. The number of esters is 1. The van der Waals surface area contributed by atoms with E-state index in [1.165, 1.54) is 5.56 Å². The van der Waals surface area contributed by atoms with E-state index in [1.807, 2.05) is 58.0 Å². The summed E-state index contributed by atoms with van der Waals surface area (Å²) in [6.07, 6.45) is 4.63. The van der Waals surface area contributed by atoms with Gasteiger partial charge in [-0.25, -0.2) is 0 Å². The van der Waals surface area contributed by atoms with E-state index >= 15 is 0 Å². The molecule has 0 bridgehead atoms. The lowest BCUT2D eigenvalue weighted by atomic mass is 9.62. The van der Waals surface area contributed by atoms with Crippen molar-refractivity contribution in [3.63, 3.8) is 0 Å². The molecule has 1 amide bonds. The highest BCUT2D eigenvalue weighted by Gasteiger charge is 2.40. The molecule has 3 rings (SSSR count). The SMILES string of the molecule is Cc1c(CCC(=O)OC(C)(C)C)cccc1NC(=O)CC1(c2ccc(Br)cc2)CCC1. The zero-order valence-corrected chi connectivity index (χ0v) is 20.5. The minimum atomic E-state index is -0.478. The second kappa shape index (κ2) is 9.56. The zero-order valence-electron chi connectivity index (χ0n) is 18.9. The smallest absolute Gasteiger partial charge is 0.306 e. The van der Waals surface area contributed by atoms with Crippen LogP contribution >= 0.6 is 15.9 Å². The summed E-state index contributed by atoms with van der Waals surface area (Å²) in [4.78, 5) is 25.0. The molecule has 1 saturated carbocycles. The first-order chi connectivity index (χ1) is 14.6. The summed E-state index contributed by atoms with van der Waals surface area (Å²) in [6.45, 7) is 7.61. The molecule has 0 spiro atoms. The molecule has 1 N–H and O–H groups in total. The maximum atomic E-state index is 13.0. The highest BCUT2D eigenvalue weighted by atomic mass is 79.9. The van der Waals surface area contributed by atoms with Crippen LogP contribution in [0.5, 0.6) is 0 Å². The molecule has 2 aromatic rings. The Kier molecular flexibility index (Phi) is 7.25. The highest BCUT2D eigenvalue weighted by Crippen LogP contribution is 2.46. The third-order valence-corrected chi connectivity index (χ3v) is 6.53. The molecule has 0 aromatic heterocycles. The van der Waals surface area contributed by atoms with Crippen molar-refractivity contribution in [3.05, 3.63) is 63.6 Å². The number of aryl methyl sites for hydroxylation is 1. The topological polar surface area (TPSA) is 55.4 Å². The molecule has 1 aliphatic rings. The molecule has 0 saturated heterocycles. The van der Waals surface area contributed by atoms with Gasteiger partial charge in [-0.3, -0.25) is 9.59 Å². The summed E-state index contributed by atoms with van der Waals surface area (Å²) in [5.41, 5.74) is 3.57. The van der Waals surface area contributed by atoms with Gasteiger partial charge in [-0.05, 0) is 81.8 Å². The van der Waals surface area contributed by atoms with Crippen LogP contribution in [0.25, 0.3) is 0 Å². The fourth-order valence-electron chi connectivity index (χ4n) is 4.20. The second-order valence-corrected chi connectivity index (χ2v) is 10.5.